The monoisotopic (exact) mass is 367 g/mol. The van der Waals surface area contributed by atoms with Gasteiger partial charge >= 0.3 is 5.97 Å². The number of hydrogen-bond acceptors (Lipinski definition) is 3. The topological polar surface area (TPSA) is 66.8 Å². The van der Waals surface area contributed by atoms with Gasteiger partial charge in [-0.05, 0) is 61.6 Å². The zero-order chi connectivity index (χ0) is 19.6. The first-order valence-corrected chi connectivity index (χ1v) is 9.21. The highest BCUT2D eigenvalue weighted by atomic mass is 16.5. The Morgan fingerprint density at radius 2 is 1.93 bits per heavy atom. The number of nitrogens with zero attached hydrogens (tertiary/aromatic N) is 1. The fourth-order valence-electron chi connectivity index (χ4n) is 4.02. The largest absolute Gasteiger partial charge is 0.497 e. The molecule has 0 aliphatic carbocycles. The number of aryl methyl sites for hydroxylation is 1. The molecule has 1 N–H and O–H groups in total. The van der Waals surface area contributed by atoms with Crippen LogP contribution in [-0.4, -0.2) is 35.0 Å². The van der Waals surface area contributed by atoms with Crippen LogP contribution in [0.4, 0.5) is 0 Å². The van der Waals surface area contributed by atoms with Crippen LogP contribution in [0.1, 0.15) is 53.4 Å². The van der Waals surface area contributed by atoms with E-state index in [4.69, 9.17) is 4.74 Å². The molecule has 0 spiro atoms. The highest BCUT2D eigenvalue weighted by molar-refractivity contribution is 5.89. The Labute approximate surface area is 159 Å². The summed E-state index contributed by atoms with van der Waals surface area (Å²) in [6, 6.07) is 12.9. The summed E-state index contributed by atoms with van der Waals surface area (Å²) in [6.45, 7) is 4.10. The molecule has 5 nitrogen and oxygen atoms in total. The van der Waals surface area contributed by atoms with Gasteiger partial charge in [0.2, 0.25) is 5.91 Å². The van der Waals surface area contributed by atoms with E-state index in [-0.39, 0.29) is 23.6 Å². The van der Waals surface area contributed by atoms with Crippen molar-refractivity contribution in [3.05, 3.63) is 64.7 Å². The Morgan fingerprint density at radius 3 is 2.63 bits per heavy atom. The van der Waals surface area contributed by atoms with E-state index in [1.165, 1.54) is 5.56 Å². The summed E-state index contributed by atoms with van der Waals surface area (Å²) in [5.41, 5.74) is 3.33. The van der Waals surface area contributed by atoms with Crippen molar-refractivity contribution in [2.75, 3.05) is 7.11 Å². The standard InChI is InChI=1S/C22H25NO4/c1-14-12-17-13-18(27-3)9-10-19(17)15(2)23(14)21(24)11-8-16-6-4-5-7-20(16)22(25)26/h4-7,9-10,13-15H,8,11-12H2,1-3H3,(H,25,26). The molecule has 2 unspecified atom stereocenters. The van der Waals surface area contributed by atoms with Gasteiger partial charge in [0.1, 0.15) is 5.75 Å². The SMILES string of the molecule is COc1ccc2c(c1)CC(C)N(C(=O)CCc1ccccc1C(=O)O)C2C. The second-order valence-corrected chi connectivity index (χ2v) is 7.06. The van der Waals surface area contributed by atoms with Gasteiger partial charge in [-0.1, -0.05) is 24.3 Å². The first-order valence-electron chi connectivity index (χ1n) is 9.21. The highest BCUT2D eigenvalue weighted by Crippen LogP contribution is 2.35. The Kier molecular flexibility index (Phi) is 5.49. The average molecular weight is 367 g/mol. The number of hydrogen-bond donors (Lipinski definition) is 1. The van der Waals surface area contributed by atoms with Gasteiger partial charge in [0, 0.05) is 12.5 Å². The van der Waals surface area contributed by atoms with Crippen molar-refractivity contribution in [2.45, 2.75) is 45.2 Å². The summed E-state index contributed by atoms with van der Waals surface area (Å²) in [4.78, 5) is 26.2. The molecule has 1 aliphatic rings. The summed E-state index contributed by atoms with van der Waals surface area (Å²) in [7, 11) is 1.65. The van der Waals surface area contributed by atoms with Crippen LogP contribution in [0, 0.1) is 0 Å². The van der Waals surface area contributed by atoms with E-state index in [9.17, 15) is 14.7 Å². The Hall–Kier alpha value is -2.82. The quantitative estimate of drug-likeness (QED) is 0.871. The summed E-state index contributed by atoms with van der Waals surface area (Å²) < 4.78 is 5.31. The van der Waals surface area contributed by atoms with E-state index in [0.717, 1.165) is 17.7 Å². The molecule has 1 heterocycles. The van der Waals surface area contributed by atoms with Crippen molar-refractivity contribution in [1.29, 1.82) is 0 Å². The molecule has 2 aromatic rings. The van der Waals surface area contributed by atoms with Crippen LogP contribution in [-0.2, 0) is 17.6 Å². The van der Waals surface area contributed by atoms with E-state index in [2.05, 4.69) is 6.92 Å². The van der Waals surface area contributed by atoms with Crippen molar-refractivity contribution in [2.24, 2.45) is 0 Å². The van der Waals surface area contributed by atoms with E-state index < -0.39 is 5.97 Å². The van der Waals surface area contributed by atoms with Crippen LogP contribution < -0.4 is 4.74 Å². The minimum Gasteiger partial charge on any atom is -0.497 e. The van der Waals surface area contributed by atoms with Crippen LogP contribution in [0.2, 0.25) is 0 Å². The molecule has 1 amide bonds. The normalized spacial score (nSPS) is 18.7. The van der Waals surface area contributed by atoms with Crippen LogP contribution in [0.15, 0.2) is 42.5 Å². The van der Waals surface area contributed by atoms with Gasteiger partial charge in [0.25, 0.3) is 0 Å². The summed E-state index contributed by atoms with van der Waals surface area (Å²) in [6.07, 6.45) is 1.51. The molecule has 0 saturated carbocycles. The molecule has 27 heavy (non-hydrogen) atoms. The lowest BCUT2D eigenvalue weighted by molar-refractivity contribution is -0.136. The van der Waals surface area contributed by atoms with E-state index in [1.807, 2.05) is 36.1 Å². The summed E-state index contributed by atoms with van der Waals surface area (Å²) in [5.74, 6) is -0.0736. The molecular weight excluding hydrogens is 342 g/mol. The fraction of sp³-hybridized carbons (Fsp3) is 0.364. The lowest BCUT2D eigenvalue weighted by atomic mass is 9.88. The van der Waals surface area contributed by atoms with Gasteiger partial charge in [-0.3, -0.25) is 4.79 Å². The van der Waals surface area contributed by atoms with E-state index in [0.29, 0.717) is 18.4 Å². The zero-order valence-electron chi connectivity index (χ0n) is 15.9. The predicted molar refractivity (Wildman–Crippen MR) is 103 cm³/mol. The number of methoxy groups -OCH3 is 1. The number of aromatic carboxylic acids is 1. The molecule has 3 rings (SSSR count). The van der Waals surface area contributed by atoms with Gasteiger partial charge in [-0.25, -0.2) is 4.79 Å². The van der Waals surface area contributed by atoms with Crippen molar-refractivity contribution in [3.63, 3.8) is 0 Å². The number of carbonyl (C=O) groups excluding carboxylic acids is 1. The lowest BCUT2D eigenvalue weighted by Gasteiger charge is -2.40. The maximum absolute atomic E-state index is 13.0. The molecule has 142 valence electrons. The first-order chi connectivity index (χ1) is 12.9. The molecule has 0 radical (unpaired) electrons. The zero-order valence-corrected chi connectivity index (χ0v) is 15.9. The third-order valence-corrected chi connectivity index (χ3v) is 5.35. The van der Waals surface area contributed by atoms with Crippen LogP contribution in [0.3, 0.4) is 0 Å². The smallest absolute Gasteiger partial charge is 0.335 e. The lowest BCUT2D eigenvalue weighted by Crippen LogP contribution is -2.45. The maximum atomic E-state index is 13.0. The van der Waals surface area contributed by atoms with Crippen LogP contribution in [0.25, 0.3) is 0 Å². The molecular formula is C22H25NO4. The number of ether oxygens (including phenoxy) is 1. The molecule has 2 aromatic carbocycles. The van der Waals surface area contributed by atoms with Gasteiger partial charge in [0.15, 0.2) is 0 Å². The molecule has 1 aliphatic heterocycles. The average Bonchev–Trinajstić information content (AvgIpc) is 2.65. The summed E-state index contributed by atoms with van der Waals surface area (Å²) >= 11 is 0. The third-order valence-electron chi connectivity index (χ3n) is 5.35. The summed E-state index contributed by atoms with van der Waals surface area (Å²) in [5, 5.41) is 9.31. The maximum Gasteiger partial charge on any atom is 0.335 e. The van der Waals surface area contributed by atoms with E-state index >= 15 is 0 Å². The first kappa shape index (κ1) is 19.0. The number of carbonyl (C=O) groups is 2. The van der Waals surface area contributed by atoms with Crippen LogP contribution >= 0.6 is 0 Å². The molecule has 0 bridgehead atoms. The van der Waals surface area contributed by atoms with Gasteiger partial charge in [0.05, 0.1) is 18.7 Å². The second kappa shape index (κ2) is 7.82. The number of fused-ring (bicyclic) bond motifs is 1. The van der Waals surface area contributed by atoms with Crippen molar-refractivity contribution in [3.8, 4) is 5.75 Å². The molecule has 0 aromatic heterocycles. The predicted octanol–water partition coefficient (Wildman–Crippen LogP) is 3.86. The number of carboxylic acids is 1. The van der Waals surface area contributed by atoms with Gasteiger partial charge < -0.3 is 14.7 Å². The third kappa shape index (κ3) is 3.82. The Balaban J connectivity index is 1.76. The number of amides is 1. The molecule has 0 saturated heterocycles. The van der Waals surface area contributed by atoms with Gasteiger partial charge in [-0.15, -0.1) is 0 Å². The van der Waals surface area contributed by atoms with Crippen molar-refractivity contribution >= 4 is 11.9 Å². The minimum atomic E-state index is -0.958. The number of carboxylic acid groups (broad SMARTS) is 1. The molecule has 0 fully saturated rings. The van der Waals surface area contributed by atoms with Crippen molar-refractivity contribution in [1.82, 2.24) is 4.90 Å². The van der Waals surface area contributed by atoms with Gasteiger partial charge in [-0.2, -0.15) is 0 Å². The molecule has 5 heteroatoms. The Morgan fingerprint density at radius 1 is 1.19 bits per heavy atom. The van der Waals surface area contributed by atoms with E-state index in [1.54, 1.807) is 25.3 Å². The van der Waals surface area contributed by atoms with Crippen molar-refractivity contribution < 1.29 is 19.4 Å². The number of benzene rings is 2. The number of rotatable bonds is 5. The highest BCUT2D eigenvalue weighted by Gasteiger charge is 2.32. The fourth-order valence-corrected chi connectivity index (χ4v) is 4.02. The van der Waals surface area contributed by atoms with Crippen LogP contribution in [0.5, 0.6) is 5.75 Å². The minimum absolute atomic E-state index is 0.0168. The molecule has 2 atom stereocenters. The second-order valence-electron chi connectivity index (χ2n) is 7.06. The Bertz CT molecular complexity index is 861.